The van der Waals surface area contributed by atoms with E-state index in [-0.39, 0.29) is 0 Å². The van der Waals surface area contributed by atoms with Gasteiger partial charge in [-0.25, -0.2) is 0 Å². The van der Waals surface area contributed by atoms with Crippen LogP contribution in [0.2, 0.25) is 0 Å². The average molecular weight is 191 g/mol. The molecule has 0 amide bonds. The number of aryl methyl sites for hydroxylation is 2. The molecule has 0 saturated carbocycles. The van der Waals surface area contributed by atoms with Gasteiger partial charge in [0.25, 0.3) is 0 Å². The van der Waals surface area contributed by atoms with Gasteiger partial charge in [-0.2, -0.15) is 0 Å². The predicted octanol–water partition coefficient (Wildman–Crippen LogP) is 2.84. The van der Waals surface area contributed by atoms with Gasteiger partial charge in [-0.05, 0) is 31.9 Å². The topological polar surface area (TPSA) is 35.2 Å². The van der Waals surface area contributed by atoms with Crippen molar-refractivity contribution in [3.63, 3.8) is 0 Å². The summed E-state index contributed by atoms with van der Waals surface area (Å²) < 4.78 is 5.55. The Morgan fingerprint density at radius 2 is 2.00 bits per heavy atom. The molecule has 2 nitrogen and oxygen atoms in total. The number of hydrogen-bond donors (Lipinski definition) is 1. The normalized spacial score (nSPS) is 10.8. The molecule has 2 heteroatoms. The summed E-state index contributed by atoms with van der Waals surface area (Å²) in [6.45, 7) is 6.59. The molecular weight excluding hydrogens is 174 g/mol. The van der Waals surface area contributed by atoms with Crippen LogP contribution in [0.15, 0.2) is 24.3 Å². The maximum absolute atomic E-state index is 5.80. The molecule has 2 N–H and O–H groups in total. The Morgan fingerprint density at radius 1 is 1.29 bits per heavy atom. The second-order valence-corrected chi connectivity index (χ2v) is 3.35. The monoisotopic (exact) mass is 191 g/mol. The predicted molar refractivity (Wildman–Crippen MR) is 60.6 cm³/mol. The third-order valence-electron chi connectivity index (χ3n) is 2.13. The zero-order valence-electron chi connectivity index (χ0n) is 9.00. The molecule has 0 radical (unpaired) electrons. The first-order valence-electron chi connectivity index (χ1n) is 4.76. The van der Waals surface area contributed by atoms with Crippen molar-refractivity contribution in [1.29, 1.82) is 0 Å². The van der Waals surface area contributed by atoms with E-state index in [0.29, 0.717) is 6.61 Å². The van der Waals surface area contributed by atoms with Crippen LogP contribution >= 0.6 is 0 Å². The van der Waals surface area contributed by atoms with Gasteiger partial charge < -0.3 is 10.5 Å². The quantitative estimate of drug-likeness (QED) is 0.589. The van der Waals surface area contributed by atoms with Crippen LogP contribution in [0.5, 0.6) is 5.75 Å². The van der Waals surface area contributed by atoms with Gasteiger partial charge in [0.1, 0.15) is 12.4 Å². The van der Waals surface area contributed by atoms with Crippen LogP contribution in [0.25, 0.3) is 0 Å². The number of nitrogens with two attached hydrogens (primary N) is 1. The zero-order chi connectivity index (χ0) is 10.6. The number of allylic oxidation sites excluding steroid dienone is 1. The number of nitrogen functional groups attached to an aromatic ring is 1. The van der Waals surface area contributed by atoms with E-state index in [1.54, 1.807) is 0 Å². The minimum absolute atomic E-state index is 0.597. The van der Waals surface area contributed by atoms with Crippen LogP contribution in [-0.2, 0) is 0 Å². The Bertz CT molecular complexity index is 342. The summed E-state index contributed by atoms with van der Waals surface area (Å²) in [5, 5.41) is 0. The lowest BCUT2D eigenvalue weighted by Crippen LogP contribution is -1.98. The SMILES string of the molecule is C/C=C/COc1cc(N)c(C)cc1C. The van der Waals surface area contributed by atoms with Gasteiger partial charge in [-0.15, -0.1) is 0 Å². The van der Waals surface area contributed by atoms with Gasteiger partial charge in [0, 0.05) is 11.8 Å². The Labute approximate surface area is 85.4 Å². The first-order chi connectivity index (χ1) is 6.65. The molecule has 0 fully saturated rings. The van der Waals surface area contributed by atoms with Crippen LogP contribution in [0.1, 0.15) is 18.1 Å². The van der Waals surface area contributed by atoms with E-state index in [9.17, 15) is 0 Å². The third-order valence-corrected chi connectivity index (χ3v) is 2.13. The number of benzene rings is 1. The molecule has 0 aromatic heterocycles. The van der Waals surface area contributed by atoms with E-state index in [1.165, 1.54) is 0 Å². The van der Waals surface area contributed by atoms with Crippen LogP contribution in [-0.4, -0.2) is 6.61 Å². The number of anilines is 1. The Morgan fingerprint density at radius 3 is 2.64 bits per heavy atom. The highest BCUT2D eigenvalue weighted by atomic mass is 16.5. The Balaban J connectivity index is 2.81. The van der Waals surface area contributed by atoms with E-state index in [1.807, 2.05) is 45.1 Å². The molecule has 0 unspecified atom stereocenters. The first-order valence-corrected chi connectivity index (χ1v) is 4.76. The fourth-order valence-electron chi connectivity index (χ4n) is 1.24. The highest BCUT2D eigenvalue weighted by Crippen LogP contribution is 2.24. The number of ether oxygens (including phenoxy) is 1. The van der Waals surface area contributed by atoms with Gasteiger partial charge >= 0.3 is 0 Å². The average Bonchev–Trinajstić information content (AvgIpc) is 2.14. The molecule has 0 bridgehead atoms. The molecule has 0 heterocycles. The summed E-state index contributed by atoms with van der Waals surface area (Å²) in [5.41, 5.74) is 8.80. The van der Waals surface area contributed by atoms with Crippen molar-refractivity contribution in [2.24, 2.45) is 0 Å². The van der Waals surface area contributed by atoms with Gasteiger partial charge in [0.2, 0.25) is 0 Å². The molecular formula is C12H17NO. The summed E-state index contributed by atoms with van der Waals surface area (Å²) in [6.07, 6.45) is 3.93. The molecule has 76 valence electrons. The summed E-state index contributed by atoms with van der Waals surface area (Å²) in [4.78, 5) is 0. The molecule has 1 aromatic rings. The van der Waals surface area contributed by atoms with Crippen molar-refractivity contribution in [2.45, 2.75) is 20.8 Å². The van der Waals surface area contributed by atoms with Crippen LogP contribution in [0.3, 0.4) is 0 Å². The van der Waals surface area contributed by atoms with Gasteiger partial charge in [-0.3, -0.25) is 0 Å². The molecule has 1 aromatic carbocycles. The summed E-state index contributed by atoms with van der Waals surface area (Å²) in [5.74, 6) is 0.867. The van der Waals surface area contributed by atoms with E-state index in [4.69, 9.17) is 10.5 Å². The van der Waals surface area contributed by atoms with E-state index >= 15 is 0 Å². The number of hydrogen-bond acceptors (Lipinski definition) is 2. The maximum Gasteiger partial charge on any atom is 0.124 e. The van der Waals surface area contributed by atoms with Crippen molar-refractivity contribution in [3.05, 3.63) is 35.4 Å². The summed E-state index contributed by atoms with van der Waals surface area (Å²) in [6, 6.07) is 3.93. The van der Waals surface area contributed by atoms with Crippen molar-refractivity contribution in [2.75, 3.05) is 12.3 Å². The van der Waals surface area contributed by atoms with Crippen molar-refractivity contribution < 1.29 is 4.74 Å². The fourth-order valence-corrected chi connectivity index (χ4v) is 1.24. The second-order valence-electron chi connectivity index (χ2n) is 3.35. The summed E-state index contributed by atoms with van der Waals surface area (Å²) >= 11 is 0. The minimum Gasteiger partial charge on any atom is -0.489 e. The zero-order valence-corrected chi connectivity index (χ0v) is 9.00. The van der Waals surface area contributed by atoms with Crippen LogP contribution in [0, 0.1) is 13.8 Å². The lowest BCUT2D eigenvalue weighted by molar-refractivity contribution is 0.360. The summed E-state index contributed by atoms with van der Waals surface area (Å²) in [7, 11) is 0. The Hall–Kier alpha value is -1.44. The van der Waals surface area contributed by atoms with Crippen LogP contribution < -0.4 is 10.5 Å². The molecule has 0 aliphatic rings. The molecule has 0 aliphatic heterocycles. The van der Waals surface area contributed by atoms with Crippen LogP contribution in [0.4, 0.5) is 5.69 Å². The highest BCUT2D eigenvalue weighted by molar-refractivity contribution is 5.54. The van der Waals surface area contributed by atoms with Gasteiger partial charge in [0.05, 0.1) is 0 Å². The highest BCUT2D eigenvalue weighted by Gasteiger charge is 2.02. The lowest BCUT2D eigenvalue weighted by atomic mass is 10.1. The van der Waals surface area contributed by atoms with Crippen molar-refractivity contribution in [3.8, 4) is 5.75 Å². The molecule has 1 rings (SSSR count). The molecule has 0 aliphatic carbocycles. The van der Waals surface area contributed by atoms with E-state index in [0.717, 1.165) is 22.6 Å². The minimum atomic E-state index is 0.597. The van der Waals surface area contributed by atoms with Gasteiger partial charge in [0.15, 0.2) is 0 Å². The Kier molecular flexibility index (Phi) is 3.57. The fraction of sp³-hybridized carbons (Fsp3) is 0.333. The smallest absolute Gasteiger partial charge is 0.124 e. The molecule has 0 atom stereocenters. The largest absolute Gasteiger partial charge is 0.489 e. The van der Waals surface area contributed by atoms with E-state index < -0.39 is 0 Å². The lowest BCUT2D eigenvalue weighted by Gasteiger charge is -2.09. The first kappa shape index (κ1) is 10.6. The van der Waals surface area contributed by atoms with Crippen molar-refractivity contribution >= 4 is 5.69 Å². The second kappa shape index (κ2) is 4.70. The third kappa shape index (κ3) is 2.52. The van der Waals surface area contributed by atoms with E-state index in [2.05, 4.69) is 0 Å². The molecule has 14 heavy (non-hydrogen) atoms. The number of rotatable bonds is 3. The molecule has 0 spiro atoms. The van der Waals surface area contributed by atoms with Gasteiger partial charge in [-0.1, -0.05) is 18.2 Å². The maximum atomic E-state index is 5.80. The molecule has 0 saturated heterocycles. The standard InChI is InChI=1S/C12H17NO/c1-4-5-6-14-12-8-11(13)9(2)7-10(12)3/h4-5,7-8H,6,13H2,1-3H3/b5-4+. The van der Waals surface area contributed by atoms with Crippen molar-refractivity contribution in [1.82, 2.24) is 0 Å².